The van der Waals surface area contributed by atoms with E-state index in [2.05, 4.69) is 77.3 Å². The van der Waals surface area contributed by atoms with Crippen LogP contribution in [0, 0.1) is 6.92 Å². The summed E-state index contributed by atoms with van der Waals surface area (Å²) in [6, 6.07) is 20.7. The van der Waals surface area contributed by atoms with E-state index in [1.54, 1.807) is 0 Å². The number of rotatable bonds is 8. The third-order valence-electron chi connectivity index (χ3n) is 4.75. The molecule has 2 aromatic carbocycles. The van der Waals surface area contributed by atoms with E-state index in [0.717, 1.165) is 42.5 Å². The van der Waals surface area contributed by atoms with Gasteiger partial charge in [0.25, 0.3) is 0 Å². The third-order valence-corrected chi connectivity index (χ3v) is 4.75. The summed E-state index contributed by atoms with van der Waals surface area (Å²) in [6.07, 6.45) is 0. The lowest BCUT2D eigenvalue weighted by molar-refractivity contribution is 0.866. The Bertz CT molecular complexity index is 873. The standard InChI is InChI=1S/C23H29N5/c1-5-27(6-2)20-15-13-19(14-16-20)25-23-24-18(4)17-22(26-23)28(7-3)21-11-9-8-10-12-21/h8-17H,5-7H2,1-4H3,(H,24,25,26). The fourth-order valence-corrected chi connectivity index (χ4v) is 3.30. The van der Waals surface area contributed by atoms with Gasteiger partial charge in [0.2, 0.25) is 5.95 Å². The Morgan fingerprint density at radius 1 is 0.786 bits per heavy atom. The summed E-state index contributed by atoms with van der Waals surface area (Å²) in [7, 11) is 0. The lowest BCUT2D eigenvalue weighted by Crippen LogP contribution is -2.21. The number of aryl methyl sites for hydroxylation is 1. The maximum atomic E-state index is 4.76. The third kappa shape index (κ3) is 4.60. The van der Waals surface area contributed by atoms with Crippen LogP contribution in [-0.4, -0.2) is 29.6 Å². The number of para-hydroxylation sites is 1. The van der Waals surface area contributed by atoms with Gasteiger partial charge in [-0.25, -0.2) is 4.98 Å². The molecule has 0 fully saturated rings. The molecule has 3 rings (SSSR count). The van der Waals surface area contributed by atoms with Gasteiger partial charge in [0, 0.05) is 48.5 Å². The molecule has 0 unspecified atom stereocenters. The first-order valence-corrected chi connectivity index (χ1v) is 9.94. The largest absolute Gasteiger partial charge is 0.372 e. The van der Waals surface area contributed by atoms with Crippen LogP contribution in [0.5, 0.6) is 0 Å². The number of aromatic nitrogens is 2. The Morgan fingerprint density at radius 2 is 1.46 bits per heavy atom. The first kappa shape index (κ1) is 19.7. The van der Waals surface area contributed by atoms with E-state index < -0.39 is 0 Å². The average Bonchev–Trinajstić information content (AvgIpc) is 2.71. The van der Waals surface area contributed by atoms with Gasteiger partial charge in [-0.15, -0.1) is 0 Å². The van der Waals surface area contributed by atoms with Crippen LogP contribution >= 0.6 is 0 Å². The van der Waals surface area contributed by atoms with Crippen LogP contribution in [-0.2, 0) is 0 Å². The molecule has 1 aromatic heterocycles. The maximum absolute atomic E-state index is 4.76. The highest BCUT2D eigenvalue weighted by Gasteiger charge is 2.11. The molecule has 28 heavy (non-hydrogen) atoms. The molecular weight excluding hydrogens is 346 g/mol. The number of nitrogens with one attached hydrogen (secondary N) is 1. The molecular formula is C23H29N5. The zero-order valence-electron chi connectivity index (χ0n) is 17.2. The normalized spacial score (nSPS) is 10.6. The molecule has 0 amide bonds. The molecule has 1 heterocycles. The first-order valence-electron chi connectivity index (χ1n) is 9.94. The molecule has 5 heteroatoms. The van der Waals surface area contributed by atoms with Gasteiger partial charge in [-0.1, -0.05) is 18.2 Å². The van der Waals surface area contributed by atoms with Crippen molar-refractivity contribution < 1.29 is 0 Å². The summed E-state index contributed by atoms with van der Waals surface area (Å²) in [5.41, 5.74) is 4.26. The molecule has 146 valence electrons. The second-order valence-electron chi connectivity index (χ2n) is 6.62. The average molecular weight is 376 g/mol. The van der Waals surface area contributed by atoms with Gasteiger partial charge in [-0.05, 0) is 64.1 Å². The summed E-state index contributed by atoms with van der Waals surface area (Å²) in [4.78, 5) is 13.8. The van der Waals surface area contributed by atoms with E-state index in [9.17, 15) is 0 Å². The van der Waals surface area contributed by atoms with Crippen molar-refractivity contribution in [3.8, 4) is 0 Å². The van der Waals surface area contributed by atoms with Crippen molar-refractivity contribution in [2.75, 3.05) is 34.8 Å². The molecule has 0 spiro atoms. The van der Waals surface area contributed by atoms with Crippen LogP contribution in [0.25, 0.3) is 0 Å². The van der Waals surface area contributed by atoms with Crippen molar-refractivity contribution in [3.63, 3.8) is 0 Å². The smallest absolute Gasteiger partial charge is 0.229 e. The molecule has 0 aliphatic rings. The highest BCUT2D eigenvalue weighted by atomic mass is 15.2. The molecule has 3 aromatic rings. The van der Waals surface area contributed by atoms with Gasteiger partial charge in [0.05, 0.1) is 0 Å². The van der Waals surface area contributed by atoms with Crippen LogP contribution in [0.4, 0.5) is 28.8 Å². The van der Waals surface area contributed by atoms with Crippen molar-refractivity contribution >= 4 is 28.8 Å². The molecule has 0 atom stereocenters. The van der Waals surface area contributed by atoms with Crippen LogP contribution in [0.15, 0.2) is 60.7 Å². The van der Waals surface area contributed by atoms with E-state index in [1.165, 1.54) is 5.69 Å². The lowest BCUT2D eigenvalue weighted by atomic mass is 10.2. The second-order valence-corrected chi connectivity index (χ2v) is 6.62. The van der Waals surface area contributed by atoms with Gasteiger partial charge >= 0.3 is 0 Å². The molecule has 5 nitrogen and oxygen atoms in total. The zero-order valence-corrected chi connectivity index (χ0v) is 17.2. The second kappa shape index (κ2) is 9.22. The van der Waals surface area contributed by atoms with Gasteiger partial charge in [0.1, 0.15) is 5.82 Å². The highest BCUT2D eigenvalue weighted by Crippen LogP contribution is 2.26. The summed E-state index contributed by atoms with van der Waals surface area (Å²) >= 11 is 0. The van der Waals surface area contributed by atoms with Gasteiger partial charge in [0.15, 0.2) is 0 Å². The predicted molar refractivity (Wildman–Crippen MR) is 119 cm³/mol. The fraction of sp³-hybridized carbons (Fsp3) is 0.304. The Balaban J connectivity index is 1.83. The zero-order chi connectivity index (χ0) is 19.9. The molecule has 0 radical (unpaired) electrons. The van der Waals surface area contributed by atoms with E-state index in [4.69, 9.17) is 4.98 Å². The van der Waals surface area contributed by atoms with E-state index in [0.29, 0.717) is 5.95 Å². The van der Waals surface area contributed by atoms with Crippen LogP contribution in [0.3, 0.4) is 0 Å². The summed E-state index contributed by atoms with van der Waals surface area (Å²) < 4.78 is 0. The first-order chi connectivity index (χ1) is 13.6. The highest BCUT2D eigenvalue weighted by molar-refractivity contribution is 5.64. The molecule has 0 aliphatic carbocycles. The van der Waals surface area contributed by atoms with Crippen molar-refractivity contribution in [2.45, 2.75) is 27.7 Å². The molecule has 1 N–H and O–H groups in total. The Morgan fingerprint density at radius 3 is 2.07 bits per heavy atom. The number of hydrogen-bond acceptors (Lipinski definition) is 5. The monoisotopic (exact) mass is 375 g/mol. The quantitative estimate of drug-likeness (QED) is 0.560. The minimum Gasteiger partial charge on any atom is -0.372 e. The predicted octanol–water partition coefficient (Wildman–Crippen LogP) is 5.53. The maximum Gasteiger partial charge on any atom is 0.229 e. The topological polar surface area (TPSA) is 44.3 Å². The SMILES string of the molecule is CCN(CC)c1ccc(Nc2nc(C)cc(N(CC)c3ccccc3)n2)cc1. The number of anilines is 5. The fourth-order valence-electron chi connectivity index (χ4n) is 3.30. The summed E-state index contributed by atoms with van der Waals surface area (Å²) in [5.74, 6) is 1.50. The lowest BCUT2D eigenvalue weighted by Gasteiger charge is -2.23. The van der Waals surface area contributed by atoms with Crippen LogP contribution in [0.2, 0.25) is 0 Å². The molecule has 0 saturated carbocycles. The van der Waals surface area contributed by atoms with Crippen LogP contribution in [0.1, 0.15) is 26.5 Å². The van der Waals surface area contributed by atoms with Gasteiger partial charge in [-0.3, -0.25) is 0 Å². The molecule has 0 bridgehead atoms. The number of nitrogens with zero attached hydrogens (tertiary/aromatic N) is 4. The van der Waals surface area contributed by atoms with E-state index >= 15 is 0 Å². The minimum atomic E-state index is 0.611. The summed E-state index contributed by atoms with van der Waals surface area (Å²) in [5, 5.41) is 3.35. The van der Waals surface area contributed by atoms with Crippen molar-refractivity contribution in [2.24, 2.45) is 0 Å². The number of hydrogen-bond donors (Lipinski definition) is 1. The van der Waals surface area contributed by atoms with Crippen LogP contribution < -0.4 is 15.1 Å². The van der Waals surface area contributed by atoms with E-state index in [-0.39, 0.29) is 0 Å². The molecule has 0 aliphatic heterocycles. The van der Waals surface area contributed by atoms with Crippen molar-refractivity contribution in [1.82, 2.24) is 9.97 Å². The Labute approximate surface area is 168 Å². The summed E-state index contributed by atoms with van der Waals surface area (Å²) in [6.45, 7) is 11.3. The van der Waals surface area contributed by atoms with E-state index in [1.807, 2.05) is 31.2 Å². The molecule has 0 saturated heterocycles. The minimum absolute atomic E-state index is 0.611. The number of benzene rings is 2. The van der Waals surface area contributed by atoms with Gasteiger partial charge in [-0.2, -0.15) is 4.98 Å². The Kier molecular flexibility index (Phi) is 6.48. The van der Waals surface area contributed by atoms with Crippen molar-refractivity contribution in [1.29, 1.82) is 0 Å². The van der Waals surface area contributed by atoms with Gasteiger partial charge < -0.3 is 15.1 Å². The van der Waals surface area contributed by atoms with Crippen molar-refractivity contribution in [3.05, 3.63) is 66.4 Å². The Hall–Kier alpha value is -3.08.